The first-order valence-electron chi connectivity index (χ1n) is 6.37. The molecule has 1 rings (SSSR count). The molecule has 1 aliphatic heterocycles. The standard InChI is InChI=1S/C12H25N3O/c1-10(2)11(13)12(16)14-6-5-9-15-7-3-4-8-15/h10-11H,3-9,13H2,1-2H3,(H,14,16)/t11-/m0/s1. The quantitative estimate of drug-likeness (QED) is 0.652. The van der Waals surface area contributed by atoms with Gasteiger partial charge in [0.05, 0.1) is 6.04 Å². The fourth-order valence-electron chi connectivity index (χ4n) is 1.94. The largest absolute Gasteiger partial charge is 0.355 e. The second-order valence-corrected chi connectivity index (χ2v) is 4.96. The monoisotopic (exact) mass is 227 g/mol. The molecule has 1 aliphatic rings. The van der Waals surface area contributed by atoms with Crippen LogP contribution in [0.3, 0.4) is 0 Å². The lowest BCUT2D eigenvalue weighted by atomic mass is 10.1. The van der Waals surface area contributed by atoms with E-state index in [4.69, 9.17) is 5.73 Å². The third-order valence-corrected chi connectivity index (χ3v) is 3.17. The van der Waals surface area contributed by atoms with E-state index >= 15 is 0 Å². The molecule has 1 amide bonds. The molecule has 1 atom stereocenters. The second kappa shape index (κ2) is 6.86. The van der Waals surface area contributed by atoms with Gasteiger partial charge in [-0.15, -0.1) is 0 Å². The molecule has 3 N–H and O–H groups in total. The van der Waals surface area contributed by atoms with Gasteiger partial charge in [0, 0.05) is 6.54 Å². The van der Waals surface area contributed by atoms with E-state index in [9.17, 15) is 4.79 Å². The minimum atomic E-state index is -0.369. The van der Waals surface area contributed by atoms with Crippen molar-refractivity contribution in [1.29, 1.82) is 0 Å². The van der Waals surface area contributed by atoms with Crippen molar-refractivity contribution < 1.29 is 4.79 Å². The van der Waals surface area contributed by atoms with E-state index in [0.29, 0.717) is 0 Å². The number of carbonyl (C=O) groups is 1. The third-order valence-electron chi connectivity index (χ3n) is 3.17. The maximum atomic E-state index is 11.5. The molecule has 0 aromatic heterocycles. The Morgan fingerprint density at radius 2 is 2.00 bits per heavy atom. The fourth-order valence-corrected chi connectivity index (χ4v) is 1.94. The van der Waals surface area contributed by atoms with Crippen LogP contribution in [-0.4, -0.2) is 43.0 Å². The van der Waals surface area contributed by atoms with Crippen molar-refractivity contribution in [3.8, 4) is 0 Å². The van der Waals surface area contributed by atoms with Gasteiger partial charge >= 0.3 is 0 Å². The van der Waals surface area contributed by atoms with Crippen molar-refractivity contribution >= 4 is 5.91 Å². The van der Waals surface area contributed by atoms with Crippen molar-refractivity contribution in [2.75, 3.05) is 26.2 Å². The number of carbonyl (C=O) groups excluding carboxylic acids is 1. The molecule has 94 valence electrons. The lowest BCUT2D eigenvalue weighted by molar-refractivity contribution is -0.123. The highest BCUT2D eigenvalue weighted by Crippen LogP contribution is 2.06. The van der Waals surface area contributed by atoms with Crippen LogP contribution < -0.4 is 11.1 Å². The summed E-state index contributed by atoms with van der Waals surface area (Å²) in [7, 11) is 0. The van der Waals surface area contributed by atoms with Crippen LogP contribution in [0.1, 0.15) is 33.1 Å². The highest BCUT2D eigenvalue weighted by molar-refractivity contribution is 5.81. The van der Waals surface area contributed by atoms with Crippen LogP contribution in [-0.2, 0) is 4.79 Å². The molecule has 0 bridgehead atoms. The predicted molar refractivity (Wildman–Crippen MR) is 66.1 cm³/mol. The number of nitrogens with one attached hydrogen (secondary N) is 1. The average molecular weight is 227 g/mol. The third kappa shape index (κ3) is 4.49. The normalized spacial score (nSPS) is 19.0. The number of nitrogens with zero attached hydrogens (tertiary/aromatic N) is 1. The molecular weight excluding hydrogens is 202 g/mol. The van der Waals surface area contributed by atoms with Gasteiger partial charge in [-0.3, -0.25) is 4.79 Å². The Bertz CT molecular complexity index is 212. The minimum Gasteiger partial charge on any atom is -0.355 e. The topological polar surface area (TPSA) is 58.4 Å². The molecule has 16 heavy (non-hydrogen) atoms. The van der Waals surface area contributed by atoms with Crippen molar-refractivity contribution in [3.63, 3.8) is 0 Å². The van der Waals surface area contributed by atoms with Crippen molar-refractivity contribution in [2.45, 2.75) is 39.2 Å². The van der Waals surface area contributed by atoms with Crippen LogP contribution in [0.5, 0.6) is 0 Å². The summed E-state index contributed by atoms with van der Waals surface area (Å²) in [5.41, 5.74) is 5.74. The molecule has 0 unspecified atom stereocenters. The number of hydrogen-bond donors (Lipinski definition) is 2. The van der Waals surface area contributed by atoms with E-state index in [-0.39, 0.29) is 17.9 Å². The second-order valence-electron chi connectivity index (χ2n) is 4.96. The van der Waals surface area contributed by atoms with Crippen molar-refractivity contribution in [2.24, 2.45) is 11.7 Å². The zero-order chi connectivity index (χ0) is 12.0. The number of amides is 1. The molecular formula is C12H25N3O. The van der Waals surface area contributed by atoms with Gasteiger partial charge in [-0.1, -0.05) is 13.8 Å². The fraction of sp³-hybridized carbons (Fsp3) is 0.917. The molecule has 0 radical (unpaired) electrons. The molecule has 4 heteroatoms. The number of rotatable bonds is 6. The first-order valence-corrected chi connectivity index (χ1v) is 6.37. The van der Waals surface area contributed by atoms with Gasteiger partial charge < -0.3 is 16.0 Å². The predicted octanol–water partition coefficient (Wildman–Crippen LogP) is 0.572. The van der Waals surface area contributed by atoms with Crippen LogP contribution in [0.25, 0.3) is 0 Å². The van der Waals surface area contributed by atoms with Crippen molar-refractivity contribution in [1.82, 2.24) is 10.2 Å². The number of nitrogens with two attached hydrogens (primary N) is 1. The van der Waals surface area contributed by atoms with Crippen molar-refractivity contribution in [3.05, 3.63) is 0 Å². The molecule has 0 aromatic rings. The minimum absolute atomic E-state index is 0.0172. The Kier molecular flexibility index (Phi) is 5.77. The van der Waals surface area contributed by atoms with Crippen LogP contribution in [0.15, 0.2) is 0 Å². The summed E-state index contributed by atoms with van der Waals surface area (Å²) in [5, 5.41) is 2.90. The summed E-state index contributed by atoms with van der Waals surface area (Å²) in [4.78, 5) is 14.0. The summed E-state index contributed by atoms with van der Waals surface area (Å²) in [6.07, 6.45) is 3.67. The Labute approximate surface area is 98.6 Å². The average Bonchev–Trinajstić information content (AvgIpc) is 2.75. The van der Waals surface area contributed by atoms with E-state index in [2.05, 4.69) is 10.2 Å². The molecule has 1 saturated heterocycles. The summed E-state index contributed by atoms with van der Waals surface area (Å²) >= 11 is 0. The van der Waals surface area contributed by atoms with E-state index in [1.165, 1.54) is 25.9 Å². The molecule has 4 nitrogen and oxygen atoms in total. The first-order chi connectivity index (χ1) is 7.61. The Balaban J connectivity index is 2.03. The van der Waals surface area contributed by atoms with Crippen LogP contribution in [0.4, 0.5) is 0 Å². The smallest absolute Gasteiger partial charge is 0.237 e. The summed E-state index contributed by atoms with van der Waals surface area (Å²) in [6.45, 7) is 8.22. The Hall–Kier alpha value is -0.610. The summed E-state index contributed by atoms with van der Waals surface area (Å²) in [5.74, 6) is 0.190. The Morgan fingerprint density at radius 1 is 1.38 bits per heavy atom. The SMILES string of the molecule is CC(C)[C@H](N)C(=O)NCCCN1CCCC1. The summed E-state index contributed by atoms with van der Waals surface area (Å²) in [6, 6.07) is -0.369. The molecule has 0 spiro atoms. The van der Waals surface area contributed by atoms with Gasteiger partial charge in [0.2, 0.25) is 5.91 Å². The van der Waals surface area contributed by atoms with Gasteiger partial charge in [0.15, 0.2) is 0 Å². The maximum Gasteiger partial charge on any atom is 0.237 e. The molecule has 1 heterocycles. The van der Waals surface area contributed by atoms with Crippen LogP contribution in [0.2, 0.25) is 0 Å². The highest BCUT2D eigenvalue weighted by atomic mass is 16.2. The van der Waals surface area contributed by atoms with Gasteiger partial charge in [-0.05, 0) is 44.8 Å². The van der Waals surface area contributed by atoms with Gasteiger partial charge in [0.1, 0.15) is 0 Å². The number of hydrogen-bond acceptors (Lipinski definition) is 3. The first kappa shape index (κ1) is 13.5. The molecule has 1 fully saturated rings. The van der Waals surface area contributed by atoms with Gasteiger partial charge in [0.25, 0.3) is 0 Å². The lowest BCUT2D eigenvalue weighted by Crippen LogP contribution is -2.44. The molecule has 0 saturated carbocycles. The molecule has 0 aliphatic carbocycles. The van der Waals surface area contributed by atoms with Crippen LogP contribution in [0, 0.1) is 5.92 Å². The zero-order valence-corrected chi connectivity index (χ0v) is 10.5. The van der Waals surface area contributed by atoms with E-state index < -0.39 is 0 Å². The maximum absolute atomic E-state index is 11.5. The Morgan fingerprint density at radius 3 is 2.56 bits per heavy atom. The van der Waals surface area contributed by atoms with E-state index in [1.807, 2.05) is 13.8 Å². The van der Waals surface area contributed by atoms with Gasteiger partial charge in [-0.2, -0.15) is 0 Å². The number of likely N-dealkylation sites (tertiary alicyclic amines) is 1. The van der Waals surface area contributed by atoms with E-state index in [0.717, 1.165) is 19.5 Å². The highest BCUT2D eigenvalue weighted by Gasteiger charge is 2.16. The van der Waals surface area contributed by atoms with Gasteiger partial charge in [-0.25, -0.2) is 0 Å². The zero-order valence-electron chi connectivity index (χ0n) is 10.5. The van der Waals surface area contributed by atoms with Crippen LogP contribution >= 0.6 is 0 Å². The lowest BCUT2D eigenvalue weighted by Gasteiger charge is -2.17. The van der Waals surface area contributed by atoms with E-state index in [1.54, 1.807) is 0 Å². The molecule has 0 aromatic carbocycles. The summed E-state index contributed by atoms with van der Waals surface area (Å²) < 4.78 is 0.